The topological polar surface area (TPSA) is 43.8 Å². The van der Waals surface area contributed by atoms with E-state index in [2.05, 4.69) is 5.10 Å². The number of nitrogens with zero attached hydrogens (tertiary/aromatic N) is 2. The van der Waals surface area contributed by atoms with Gasteiger partial charge in [-0.3, -0.25) is 4.68 Å². The van der Waals surface area contributed by atoms with Crippen LogP contribution in [0.4, 0.5) is 4.39 Å². The second-order valence-electron chi connectivity index (χ2n) is 3.53. The first-order valence-corrected chi connectivity index (χ1v) is 5.16. The van der Waals surface area contributed by atoms with E-state index in [4.69, 9.17) is 17.3 Å². The van der Waals surface area contributed by atoms with Crippen molar-refractivity contribution >= 4 is 11.6 Å². The van der Waals surface area contributed by atoms with E-state index in [0.29, 0.717) is 10.7 Å². The summed E-state index contributed by atoms with van der Waals surface area (Å²) in [4.78, 5) is 0. The highest BCUT2D eigenvalue weighted by atomic mass is 35.5. The van der Waals surface area contributed by atoms with Gasteiger partial charge in [-0.1, -0.05) is 17.7 Å². The van der Waals surface area contributed by atoms with E-state index in [1.807, 2.05) is 0 Å². The van der Waals surface area contributed by atoms with Crippen LogP contribution in [-0.2, 0) is 7.05 Å². The zero-order chi connectivity index (χ0) is 11.7. The number of benzene rings is 1. The van der Waals surface area contributed by atoms with Crippen molar-refractivity contribution in [3.8, 4) is 0 Å². The summed E-state index contributed by atoms with van der Waals surface area (Å²) in [5, 5.41) is 4.45. The first-order chi connectivity index (χ1) is 7.59. The molecule has 0 spiro atoms. The fraction of sp³-hybridized carbons (Fsp3) is 0.182. The van der Waals surface area contributed by atoms with E-state index >= 15 is 0 Å². The van der Waals surface area contributed by atoms with Crippen LogP contribution in [0.5, 0.6) is 0 Å². The van der Waals surface area contributed by atoms with Gasteiger partial charge in [0, 0.05) is 23.8 Å². The number of aromatic nitrogens is 2. The van der Waals surface area contributed by atoms with E-state index in [9.17, 15) is 4.39 Å². The SMILES string of the molecule is Cn1ccc(C(N)c2c(F)cccc2Cl)n1. The molecule has 0 radical (unpaired) electrons. The maximum Gasteiger partial charge on any atom is 0.129 e. The molecule has 0 fully saturated rings. The van der Waals surface area contributed by atoms with Gasteiger partial charge in [-0.05, 0) is 18.2 Å². The normalized spacial score (nSPS) is 12.8. The predicted molar refractivity (Wildman–Crippen MR) is 60.6 cm³/mol. The Bertz CT molecular complexity index is 489. The van der Waals surface area contributed by atoms with Crippen LogP contribution in [0.3, 0.4) is 0 Å². The molecule has 0 amide bonds. The summed E-state index contributed by atoms with van der Waals surface area (Å²) in [6.07, 6.45) is 1.75. The Morgan fingerprint density at radius 2 is 2.19 bits per heavy atom. The lowest BCUT2D eigenvalue weighted by atomic mass is 10.0. The van der Waals surface area contributed by atoms with Crippen molar-refractivity contribution in [2.75, 3.05) is 0 Å². The Kier molecular flexibility index (Phi) is 2.94. The molecule has 1 aromatic carbocycles. The molecule has 1 atom stereocenters. The van der Waals surface area contributed by atoms with Crippen molar-refractivity contribution in [2.45, 2.75) is 6.04 Å². The number of nitrogens with two attached hydrogens (primary N) is 1. The van der Waals surface area contributed by atoms with E-state index in [0.717, 1.165) is 0 Å². The van der Waals surface area contributed by atoms with Crippen LogP contribution in [0.25, 0.3) is 0 Å². The summed E-state index contributed by atoms with van der Waals surface area (Å²) in [5.41, 5.74) is 6.80. The largest absolute Gasteiger partial charge is 0.319 e. The van der Waals surface area contributed by atoms with Gasteiger partial charge in [0.1, 0.15) is 5.82 Å². The molecule has 3 nitrogen and oxygen atoms in total. The minimum Gasteiger partial charge on any atom is -0.319 e. The van der Waals surface area contributed by atoms with E-state index in [1.54, 1.807) is 36.1 Å². The van der Waals surface area contributed by atoms with Crippen LogP contribution in [-0.4, -0.2) is 9.78 Å². The molecule has 2 N–H and O–H groups in total. The minimum atomic E-state index is -0.644. The second-order valence-corrected chi connectivity index (χ2v) is 3.93. The number of aryl methyl sites for hydroxylation is 1. The molecule has 1 heterocycles. The number of hydrogen-bond acceptors (Lipinski definition) is 2. The number of rotatable bonds is 2. The fourth-order valence-corrected chi connectivity index (χ4v) is 1.84. The first-order valence-electron chi connectivity index (χ1n) is 4.78. The number of halogens is 2. The predicted octanol–water partition coefficient (Wildman–Crippen LogP) is 2.26. The first kappa shape index (κ1) is 11.1. The third-order valence-corrected chi connectivity index (χ3v) is 2.69. The average molecular weight is 240 g/mol. The summed E-state index contributed by atoms with van der Waals surface area (Å²) < 4.78 is 15.2. The lowest BCUT2D eigenvalue weighted by Crippen LogP contribution is -2.15. The quantitative estimate of drug-likeness (QED) is 0.874. The molecular formula is C11H11ClFN3. The Morgan fingerprint density at radius 3 is 2.75 bits per heavy atom. The van der Waals surface area contributed by atoms with E-state index < -0.39 is 11.9 Å². The summed E-state index contributed by atoms with van der Waals surface area (Å²) in [6, 6.07) is 5.60. The lowest BCUT2D eigenvalue weighted by Gasteiger charge is -2.12. The van der Waals surface area contributed by atoms with Crippen LogP contribution in [0, 0.1) is 5.82 Å². The van der Waals surface area contributed by atoms with Crippen molar-refractivity contribution in [3.63, 3.8) is 0 Å². The van der Waals surface area contributed by atoms with Crippen molar-refractivity contribution in [1.82, 2.24) is 9.78 Å². The molecule has 1 aromatic heterocycles. The van der Waals surface area contributed by atoms with Gasteiger partial charge in [0.05, 0.1) is 11.7 Å². The molecule has 0 saturated heterocycles. The zero-order valence-corrected chi connectivity index (χ0v) is 9.45. The Hall–Kier alpha value is -1.39. The smallest absolute Gasteiger partial charge is 0.129 e. The molecule has 0 aliphatic heterocycles. The standard InChI is InChI=1S/C11H11ClFN3/c1-16-6-5-9(15-16)11(14)10-7(12)3-2-4-8(10)13/h2-6,11H,14H2,1H3. The molecule has 0 saturated carbocycles. The van der Waals surface area contributed by atoms with Crippen molar-refractivity contribution in [3.05, 3.63) is 52.6 Å². The summed E-state index contributed by atoms with van der Waals surface area (Å²) >= 11 is 5.93. The van der Waals surface area contributed by atoms with Crippen molar-refractivity contribution in [1.29, 1.82) is 0 Å². The third-order valence-electron chi connectivity index (χ3n) is 2.36. The van der Waals surface area contributed by atoms with Gasteiger partial charge in [-0.25, -0.2) is 4.39 Å². The molecule has 84 valence electrons. The van der Waals surface area contributed by atoms with Crippen LogP contribution in [0.2, 0.25) is 5.02 Å². The Labute approximate surface area is 97.6 Å². The van der Waals surface area contributed by atoms with Gasteiger partial charge in [0.15, 0.2) is 0 Å². The molecule has 1 unspecified atom stereocenters. The van der Waals surface area contributed by atoms with Crippen LogP contribution >= 0.6 is 11.6 Å². The average Bonchev–Trinajstić information content (AvgIpc) is 2.64. The Morgan fingerprint density at radius 1 is 1.44 bits per heavy atom. The highest BCUT2D eigenvalue weighted by molar-refractivity contribution is 6.31. The number of hydrogen-bond donors (Lipinski definition) is 1. The molecule has 2 rings (SSSR count). The molecule has 0 aliphatic carbocycles. The van der Waals surface area contributed by atoms with Gasteiger partial charge < -0.3 is 5.73 Å². The van der Waals surface area contributed by atoms with Gasteiger partial charge in [-0.2, -0.15) is 5.10 Å². The minimum absolute atomic E-state index is 0.280. The van der Waals surface area contributed by atoms with Gasteiger partial charge in [0.2, 0.25) is 0 Å². The molecule has 2 aromatic rings. The van der Waals surface area contributed by atoms with Crippen LogP contribution in [0.1, 0.15) is 17.3 Å². The monoisotopic (exact) mass is 239 g/mol. The fourth-order valence-electron chi connectivity index (χ4n) is 1.55. The highest BCUT2D eigenvalue weighted by Crippen LogP contribution is 2.27. The molecule has 0 aliphatic rings. The van der Waals surface area contributed by atoms with Crippen LogP contribution in [0.15, 0.2) is 30.5 Å². The Balaban J connectivity index is 2.45. The van der Waals surface area contributed by atoms with Gasteiger partial charge in [-0.15, -0.1) is 0 Å². The zero-order valence-electron chi connectivity index (χ0n) is 8.69. The molecular weight excluding hydrogens is 229 g/mol. The molecule has 16 heavy (non-hydrogen) atoms. The maximum absolute atomic E-state index is 13.6. The summed E-state index contributed by atoms with van der Waals surface area (Å²) in [7, 11) is 1.78. The van der Waals surface area contributed by atoms with Crippen molar-refractivity contribution < 1.29 is 4.39 Å². The van der Waals surface area contributed by atoms with Gasteiger partial charge >= 0.3 is 0 Å². The maximum atomic E-state index is 13.6. The highest BCUT2D eigenvalue weighted by Gasteiger charge is 2.18. The molecule has 0 bridgehead atoms. The van der Waals surface area contributed by atoms with Gasteiger partial charge in [0.25, 0.3) is 0 Å². The van der Waals surface area contributed by atoms with Crippen LogP contribution < -0.4 is 5.73 Å². The third kappa shape index (κ3) is 1.94. The summed E-state index contributed by atoms with van der Waals surface area (Å²) in [5.74, 6) is -0.411. The molecule has 5 heteroatoms. The summed E-state index contributed by atoms with van der Waals surface area (Å²) in [6.45, 7) is 0. The van der Waals surface area contributed by atoms with Crippen molar-refractivity contribution in [2.24, 2.45) is 12.8 Å². The second kappa shape index (κ2) is 4.23. The lowest BCUT2D eigenvalue weighted by molar-refractivity contribution is 0.594. The van der Waals surface area contributed by atoms with E-state index in [1.165, 1.54) is 6.07 Å². The van der Waals surface area contributed by atoms with E-state index in [-0.39, 0.29) is 5.56 Å².